The van der Waals surface area contributed by atoms with Crippen LogP contribution < -0.4 is 0 Å². The third-order valence-corrected chi connectivity index (χ3v) is 6.04. The van der Waals surface area contributed by atoms with Gasteiger partial charge in [0.2, 0.25) is 5.91 Å². The molecule has 124 valence electrons. The first-order valence-corrected chi connectivity index (χ1v) is 9.32. The Labute approximate surface area is 146 Å². The van der Waals surface area contributed by atoms with Crippen molar-refractivity contribution in [3.8, 4) is 0 Å². The first-order chi connectivity index (χ1) is 11.8. The molecular weight excluding hydrogens is 318 g/mol. The number of hydrogen-bond donors (Lipinski definition) is 0. The minimum atomic E-state index is 0.0623. The molecule has 1 atom stereocenters. The number of nitrogens with zero attached hydrogens (tertiary/aromatic N) is 3. The Balaban J connectivity index is 1.31. The lowest BCUT2D eigenvalue weighted by Crippen LogP contribution is -2.50. The van der Waals surface area contributed by atoms with Gasteiger partial charge in [0, 0.05) is 50.0 Å². The smallest absolute Gasteiger partial charge is 0.236 e. The van der Waals surface area contributed by atoms with E-state index in [1.807, 2.05) is 17.2 Å². The Morgan fingerprint density at radius 3 is 2.71 bits per heavy atom. The normalized spacial score (nSPS) is 20.8. The van der Waals surface area contributed by atoms with E-state index in [0.29, 0.717) is 5.91 Å². The molecule has 4 nitrogen and oxygen atoms in total. The molecule has 0 saturated carbocycles. The van der Waals surface area contributed by atoms with Crippen molar-refractivity contribution in [3.05, 3.63) is 59.9 Å². The molecule has 24 heavy (non-hydrogen) atoms. The summed E-state index contributed by atoms with van der Waals surface area (Å²) in [6, 6.07) is 12.5. The van der Waals surface area contributed by atoms with Gasteiger partial charge in [-0.2, -0.15) is 0 Å². The molecule has 0 bridgehead atoms. The van der Waals surface area contributed by atoms with Crippen LogP contribution in [0.4, 0.5) is 0 Å². The van der Waals surface area contributed by atoms with Gasteiger partial charge in [-0.25, -0.2) is 0 Å². The average Bonchev–Trinajstić information content (AvgIpc) is 3.07. The zero-order chi connectivity index (χ0) is 16.4. The van der Waals surface area contributed by atoms with Crippen molar-refractivity contribution in [1.82, 2.24) is 14.8 Å². The number of rotatable bonds is 3. The van der Waals surface area contributed by atoms with E-state index in [2.05, 4.69) is 40.2 Å². The van der Waals surface area contributed by atoms with Crippen molar-refractivity contribution in [3.63, 3.8) is 0 Å². The van der Waals surface area contributed by atoms with Gasteiger partial charge < -0.3 is 4.90 Å². The van der Waals surface area contributed by atoms with Crippen molar-refractivity contribution in [2.24, 2.45) is 0 Å². The van der Waals surface area contributed by atoms with Gasteiger partial charge in [0.1, 0.15) is 0 Å². The lowest BCUT2D eigenvalue weighted by Gasteiger charge is -2.35. The molecule has 1 amide bonds. The van der Waals surface area contributed by atoms with Gasteiger partial charge in [-0.3, -0.25) is 14.7 Å². The van der Waals surface area contributed by atoms with Gasteiger partial charge in [0.05, 0.1) is 5.25 Å². The molecule has 0 radical (unpaired) electrons. The molecule has 1 fully saturated rings. The van der Waals surface area contributed by atoms with Gasteiger partial charge in [-0.1, -0.05) is 24.3 Å². The van der Waals surface area contributed by atoms with Crippen LogP contribution in [-0.4, -0.2) is 52.1 Å². The number of hydrogen-bond acceptors (Lipinski definition) is 4. The van der Waals surface area contributed by atoms with E-state index in [9.17, 15) is 4.79 Å². The molecular formula is C19H21N3OS. The average molecular weight is 339 g/mol. The molecule has 0 unspecified atom stereocenters. The minimum Gasteiger partial charge on any atom is -0.339 e. The number of piperazine rings is 1. The van der Waals surface area contributed by atoms with Gasteiger partial charge >= 0.3 is 0 Å². The standard InChI is InChI=1S/C19H21N3OS/c23-19(18-12-16-5-1-2-6-17(16)24-18)22-10-8-21(9-11-22)14-15-4-3-7-20-13-15/h1-7,13,18H,8-12,14H2/t18-/m0/s1. The molecule has 0 spiro atoms. The molecule has 1 saturated heterocycles. The third kappa shape index (κ3) is 3.32. The molecule has 2 aliphatic rings. The van der Waals surface area contributed by atoms with Gasteiger partial charge in [-0.15, -0.1) is 11.8 Å². The lowest BCUT2D eigenvalue weighted by molar-refractivity contribution is -0.132. The van der Waals surface area contributed by atoms with E-state index in [0.717, 1.165) is 39.1 Å². The summed E-state index contributed by atoms with van der Waals surface area (Å²) in [6.07, 6.45) is 4.59. The Morgan fingerprint density at radius 1 is 1.12 bits per heavy atom. The van der Waals surface area contributed by atoms with Gasteiger partial charge in [-0.05, 0) is 29.7 Å². The summed E-state index contributed by atoms with van der Waals surface area (Å²) in [5, 5.41) is 0.0623. The molecule has 2 aromatic rings. The number of carbonyl (C=O) groups is 1. The van der Waals surface area contributed by atoms with Gasteiger partial charge in [0.15, 0.2) is 0 Å². The highest BCUT2D eigenvalue weighted by Crippen LogP contribution is 2.37. The lowest BCUT2D eigenvalue weighted by atomic mass is 10.1. The second kappa shape index (κ2) is 6.95. The number of fused-ring (bicyclic) bond motifs is 1. The summed E-state index contributed by atoms with van der Waals surface area (Å²) in [4.78, 5) is 22.7. The van der Waals surface area contributed by atoms with Crippen LogP contribution in [0.2, 0.25) is 0 Å². The first kappa shape index (κ1) is 15.7. The van der Waals surface area contributed by atoms with Crippen LogP contribution in [0.5, 0.6) is 0 Å². The number of thioether (sulfide) groups is 1. The molecule has 3 heterocycles. The number of carbonyl (C=O) groups excluding carboxylic acids is 1. The zero-order valence-corrected chi connectivity index (χ0v) is 14.4. The fourth-order valence-electron chi connectivity index (χ4n) is 3.40. The maximum absolute atomic E-state index is 12.8. The van der Waals surface area contributed by atoms with E-state index in [1.54, 1.807) is 18.0 Å². The van der Waals surface area contributed by atoms with Crippen molar-refractivity contribution in [2.45, 2.75) is 23.1 Å². The quantitative estimate of drug-likeness (QED) is 0.861. The maximum Gasteiger partial charge on any atom is 0.236 e. The van der Waals surface area contributed by atoms with E-state index in [1.165, 1.54) is 16.0 Å². The maximum atomic E-state index is 12.8. The van der Waals surface area contributed by atoms with Crippen LogP contribution in [-0.2, 0) is 17.8 Å². The Kier molecular flexibility index (Phi) is 4.54. The largest absolute Gasteiger partial charge is 0.339 e. The van der Waals surface area contributed by atoms with Crippen molar-refractivity contribution in [2.75, 3.05) is 26.2 Å². The summed E-state index contributed by atoms with van der Waals surface area (Å²) >= 11 is 1.73. The number of aromatic nitrogens is 1. The number of pyridine rings is 1. The molecule has 0 aliphatic carbocycles. The Bertz CT molecular complexity index is 689. The van der Waals surface area contributed by atoms with Crippen LogP contribution in [0.15, 0.2) is 53.7 Å². The molecule has 1 aromatic heterocycles. The number of benzene rings is 1. The highest BCUT2D eigenvalue weighted by atomic mass is 32.2. The SMILES string of the molecule is O=C([C@@H]1Cc2ccccc2S1)N1CCN(Cc2cccnc2)CC1. The van der Waals surface area contributed by atoms with Crippen molar-refractivity contribution < 1.29 is 4.79 Å². The predicted octanol–water partition coefficient (Wildman–Crippen LogP) is 2.44. The Morgan fingerprint density at radius 2 is 1.96 bits per heavy atom. The Hall–Kier alpha value is -1.85. The summed E-state index contributed by atoms with van der Waals surface area (Å²) in [6.45, 7) is 4.44. The molecule has 2 aliphatic heterocycles. The van der Waals surface area contributed by atoms with Crippen LogP contribution in [0.3, 0.4) is 0 Å². The van der Waals surface area contributed by atoms with Crippen molar-refractivity contribution in [1.29, 1.82) is 0 Å². The van der Waals surface area contributed by atoms with Crippen LogP contribution >= 0.6 is 11.8 Å². The second-order valence-corrected chi connectivity index (χ2v) is 7.63. The molecule has 1 aromatic carbocycles. The second-order valence-electron chi connectivity index (χ2n) is 6.38. The minimum absolute atomic E-state index is 0.0623. The zero-order valence-electron chi connectivity index (χ0n) is 13.6. The van der Waals surface area contributed by atoms with Crippen LogP contribution in [0.1, 0.15) is 11.1 Å². The van der Waals surface area contributed by atoms with Crippen LogP contribution in [0, 0.1) is 0 Å². The predicted molar refractivity (Wildman–Crippen MR) is 95.9 cm³/mol. The highest BCUT2D eigenvalue weighted by molar-refractivity contribution is 8.01. The molecule has 0 N–H and O–H groups in total. The van der Waals surface area contributed by atoms with Crippen LogP contribution in [0.25, 0.3) is 0 Å². The monoisotopic (exact) mass is 339 g/mol. The van der Waals surface area contributed by atoms with Gasteiger partial charge in [0.25, 0.3) is 0 Å². The molecule has 5 heteroatoms. The van der Waals surface area contributed by atoms with Crippen molar-refractivity contribution >= 4 is 17.7 Å². The van der Waals surface area contributed by atoms with E-state index in [4.69, 9.17) is 0 Å². The summed E-state index contributed by atoms with van der Waals surface area (Å²) in [5.74, 6) is 0.303. The van der Waals surface area contributed by atoms with E-state index < -0.39 is 0 Å². The molecule has 4 rings (SSSR count). The van der Waals surface area contributed by atoms with E-state index >= 15 is 0 Å². The van der Waals surface area contributed by atoms with E-state index in [-0.39, 0.29) is 5.25 Å². The highest BCUT2D eigenvalue weighted by Gasteiger charge is 2.32. The fraction of sp³-hybridized carbons (Fsp3) is 0.368. The first-order valence-electron chi connectivity index (χ1n) is 8.44. The number of amides is 1. The summed E-state index contributed by atoms with van der Waals surface area (Å²) in [7, 11) is 0. The fourth-order valence-corrected chi connectivity index (χ4v) is 4.68. The third-order valence-electron chi connectivity index (χ3n) is 4.74. The topological polar surface area (TPSA) is 36.4 Å². The summed E-state index contributed by atoms with van der Waals surface area (Å²) < 4.78 is 0. The summed E-state index contributed by atoms with van der Waals surface area (Å²) in [5.41, 5.74) is 2.55.